The normalized spacial score (nSPS) is 20.0. The van der Waals surface area contributed by atoms with Gasteiger partial charge in [0.1, 0.15) is 0 Å². The number of carbonyl (C=O) groups is 1. The highest BCUT2D eigenvalue weighted by atomic mass is 16.5. The van der Waals surface area contributed by atoms with Gasteiger partial charge in [-0.1, -0.05) is 6.07 Å². The molecule has 1 fully saturated rings. The number of aromatic hydroxyl groups is 1. The van der Waals surface area contributed by atoms with Crippen molar-refractivity contribution in [3.63, 3.8) is 0 Å². The van der Waals surface area contributed by atoms with Gasteiger partial charge in [0.25, 0.3) is 0 Å². The van der Waals surface area contributed by atoms with Crippen LogP contribution in [0.15, 0.2) is 23.2 Å². The Morgan fingerprint density at radius 2 is 2.00 bits per heavy atom. The van der Waals surface area contributed by atoms with E-state index in [0.717, 1.165) is 43.8 Å². The second kappa shape index (κ2) is 10.6. The molecule has 0 amide bonds. The number of hydrogen-bond acceptors (Lipinski definition) is 5. The maximum Gasteiger partial charge on any atom is 0.308 e. The topological polar surface area (TPSA) is 92.2 Å². The molecule has 27 heavy (non-hydrogen) atoms. The molecule has 1 saturated carbocycles. The number of esters is 1. The van der Waals surface area contributed by atoms with Crippen molar-refractivity contribution in [2.24, 2.45) is 10.9 Å². The van der Waals surface area contributed by atoms with Gasteiger partial charge in [0.05, 0.1) is 26.2 Å². The average Bonchev–Trinajstić information content (AvgIpc) is 2.67. The van der Waals surface area contributed by atoms with Gasteiger partial charge in [0.15, 0.2) is 17.5 Å². The first-order valence-electron chi connectivity index (χ1n) is 9.64. The van der Waals surface area contributed by atoms with Gasteiger partial charge in [-0.25, -0.2) is 4.99 Å². The summed E-state index contributed by atoms with van der Waals surface area (Å²) in [5.41, 5.74) is 0.900. The Labute approximate surface area is 161 Å². The Bertz CT molecular complexity index is 640. The van der Waals surface area contributed by atoms with Crippen molar-refractivity contribution in [1.29, 1.82) is 0 Å². The zero-order chi connectivity index (χ0) is 19.6. The molecule has 0 heterocycles. The third-order valence-corrected chi connectivity index (χ3v) is 4.70. The molecule has 7 heteroatoms. The molecule has 2 rings (SSSR count). The molecule has 1 aromatic rings. The van der Waals surface area contributed by atoms with Crippen LogP contribution in [0, 0.1) is 5.92 Å². The Hall–Kier alpha value is -2.44. The van der Waals surface area contributed by atoms with Gasteiger partial charge in [-0.3, -0.25) is 4.79 Å². The number of carbonyl (C=O) groups excluding carboxylic acids is 1. The summed E-state index contributed by atoms with van der Waals surface area (Å²) in [6.07, 6.45) is 3.50. The van der Waals surface area contributed by atoms with E-state index in [4.69, 9.17) is 9.47 Å². The second-order valence-electron chi connectivity index (χ2n) is 6.65. The van der Waals surface area contributed by atoms with Crippen LogP contribution >= 0.6 is 0 Å². The molecule has 0 saturated heterocycles. The number of aliphatic imine (C=N–C) groups is 1. The number of ether oxygens (including phenoxy) is 2. The molecular weight excluding hydrogens is 346 g/mol. The number of nitrogens with zero attached hydrogens (tertiary/aromatic N) is 1. The van der Waals surface area contributed by atoms with Gasteiger partial charge < -0.3 is 25.2 Å². The first-order chi connectivity index (χ1) is 13.1. The van der Waals surface area contributed by atoms with E-state index in [0.29, 0.717) is 18.9 Å². The molecule has 0 radical (unpaired) electrons. The highest BCUT2D eigenvalue weighted by Crippen LogP contribution is 2.27. The highest BCUT2D eigenvalue weighted by molar-refractivity contribution is 5.80. The molecule has 0 atom stereocenters. The molecule has 3 N–H and O–H groups in total. The minimum Gasteiger partial charge on any atom is -0.504 e. The van der Waals surface area contributed by atoms with Crippen molar-refractivity contribution in [3.05, 3.63) is 23.8 Å². The number of hydrogen-bond donors (Lipinski definition) is 3. The fourth-order valence-corrected chi connectivity index (χ4v) is 3.25. The minimum absolute atomic E-state index is 0.0183. The smallest absolute Gasteiger partial charge is 0.308 e. The Kier molecular flexibility index (Phi) is 8.23. The molecule has 7 nitrogen and oxygen atoms in total. The largest absolute Gasteiger partial charge is 0.504 e. The maximum atomic E-state index is 11.9. The number of benzene rings is 1. The van der Waals surface area contributed by atoms with Gasteiger partial charge in [-0.05, 0) is 57.2 Å². The van der Waals surface area contributed by atoms with Gasteiger partial charge in [0, 0.05) is 12.6 Å². The van der Waals surface area contributed by atoms with Crippen LogP contribution < -0.4 is 15.4 Å². The van der Waals surface area contributed by atoms with Gasteiger partial charge >= 0.3 is 5.97 Å². The van der Waals surface area contributed by atoms with Crippen LogP contribution in [-0.2, 0) is 16.1 Å². The van der Waals surface area contributed by atoms with Crippen LogP contribution in [0.2, 0.25) is 0 Å². The van der Waals surface area contributed by atoms with E-state index in [1.54, 1.807) is 12.1 Å². The number of nitrogens with one attached hydrogen (secondary N) is 2. The molecular formula is C20H31N3O4. The SMILES string of the molecule is CCNC(=NCc1ccc(OC)c(O)c1)NC1CCC(C(=O)OCC)CC1. The predicted octanol–water partition coefficient (Wildman–Crippen LogP) is 2.58. The molecule has 0 aromatic heterocycles. The summed E-state index contributed by atoms with van der Waals surface area (Å²) >= 11 is 0. The molecule has 1 aliphatic rings. The lowest BCUT2D eigenvalue weighted by molar-refractivity contribution is -0.149. The average molecular weight is 377 g/mol. The van der Waals surface area contributed by atoms with Crippen molar-refractivity contribution in [3.8, 4) is 11.5 Å². The number of methoxy groups -OCH3 is 1. The molecule has 1 aliphatic carbocycles. The monoisotopic (exact) mass is 377 g/mol. The molecule has 0 unspecified atom stereocenters. The number of rotatable bonds is 7. The van der Waals surface area contributed by atoms with Crippen molar-refractivity contribution in [2.75, 3.05) is 20.3 Å². The van der Waals surface area contributed by atoms with Crippen molar-refractivity contribution in [2.45, 2.75) is 52.1 Å². The molecule has 0 spiro atoms. The first kappa shape index (κ1) is 20.9. The van der Waals surface area contributed by atoms with Crippen LogP contribution in [0.1, 0.15) is 45.1 Å². The molecule has 0 aliphatic heterocycles. The predicted molar refractivity (Wildman–Crippen MR) is 105 cm³/mol. The standard InChI is InChI=1S/C20H31N3O4/c1-4-21-20(22-13-14-6-11-18(26-3)17(24)12-14)23-16-9-7-15(8-10-16)19(25)27-5-2/h6,11-12,15-16,24H,4-5,7-10,13H2,1-3H3,(H2,21,22,23). The maximum absolute atomic E-state index is 11.9. The Morgan fingerprint density at radius 3 is 2.59 bits per heavy atom. The lowest BCUT2D eigenvalue weighted by Crippen LogP contribution is -2.45. The number of phenolic OH excluding ortho intramolecular Hbond substituents is 1. The van der Waals surface area contributed by atoms with Crippen LogP contribution in [0.4, 0.5) is 0 Å². The van der Waals surface area contributed by atoms with E-state index >= 15 is 0 Å². The summed E-state index contributed by atoms with van der Waals surface area (Å²) in [6, 6.07) is 5.57. The fraction of sp³-hybridized carbons (Fsp3) is 0.600. The van der Waals surface area contributed by atoms with Gasteiger partial charge in [-0.2, -0.15) is 0 Å². The van der Waals surface area contributed by atoms with E-state index < -0.39 is 0 Å². The van der Waals surface area contributed by atoms with Crippen LogP contribution in [0.5, 0.6) is 11.5 Å². The molecule has 1 aromatic carbocycles. The minimum atomic E-state index is -0.0733. The number of phenols is 1. The van der Waals surface area contributed by atoms with Crippen molar-refractivity contribution in [1.82, 2.24) is 10.6 Å². The van der Waals surface area contributed by atoms with E-state index in [1.807, 2.05) is 19.9 Å². The summed E-state index contributed by atoms with van der Waals surface area (Å²) in [4.78, 5) is 16.5. The van der Waals surface area contributed by atoms with Crippen molar-refractivity contribution < 1.29 is 19.4 Å². The molecule has 0 bridgehead atoms. The van der Waals surface area contributed by atoms with Crippen LogP contribution in [0.3, 0.4) is 0 Å². The third-order valence-electron chi connectivity index (χ3n) is 4.70. The summed E-state index contributed by atoms with van der Waals surface area (Å²) in [7, 11) is 1.52. The number of guanidine groups is 1. The molecule has 150 valence electrons. The van der Waals surface area contributed by atoms with Crippen LogP contribution in [0.25, 0.3) is 0 Å². The highest BCUT2D eigenvalue weighted by Gasteiger charge is 2.27. The van der Waals surface area contributed by atoms with Gasteiger partial charge in [-0.15, -0.1) is 0 Å². The quantitative estimate of drug-likeness (QED) is 0.384. The lowest BCUT2D eigenvalue weighted by Gasteiger charge is -2.29. The summed E-state index contributed by atoms with van der Waals surface area (Å²) in [5, 5.41) is 16.6. The van der Waals surface area contributed by atoms with Crippen LogP contribution in [-0.4, -0.2) is 43.3 Å². The zero-order valence-corrected chi connectivity index (χ0v) is 16.5. The summed E-state index contributed by atoms with van der Waals surface area (Å²) < 4.78 is 10.2. The summed E-state index contributed by atoms with van der Waals surface area (Å²) in [5.74, 6) is 1.25. The first-order valence-corrected chi connectivity index (χ1v) is 9.64. The Morgan fingerprint density at radius 1 is 1.26 bits per heavy atom. The third kappa shape index (κ3) is 6.34. The second-order valence-corrected chi connectivity index (χ2v) is 6.65. The zero-order valence-electron chi connectivity index (χ0n) is 16.5. The lowest BCUT2D eigenvalue weighted by atomic mass is 9.86. The summed E-state index contributed by atoms with van der Waals surface area (Å²) in [6.45, 7) is 5.51. The van der Waals surface area contributed by atoms with E-state index in [2.05, 4.69) is 15.6 Å². The fourth-order valence-electron chi connectivity index (χ4n) is 3.25. The van der Waals surface area contributed by atoms with Crippen molar-refractivity contribution >= 4 is 11.9 Å². The van der Waals surface area contributed by atoms with E-state index in [1.165, 1.54) is 7.11 Å². The van der Waals surface area contributed by atoms with E-state index in [-0.39, 0.29) is 23.7 Å². The van der Waals surface area contributed by atoms with E-state index in [9.17, 15) is 9.90 Å². The Balaban J connectivity index is 1.90. The van der Waals surface area contributed by atoms with Gasteiger partial charge in [0.2, 0.25) is 0 Å².